The number of anilines is 1. The fraction of sp³-hybridized carbons (Fsp3) is 0.333. The van der Waals surface area contributed by atoms with Crippen molar-refractivity contribution >= 4 is 17.4 Å². The number of carbonyl (C=O) groups is 1. The van der Waals surface area contributed by atoms with Crippen LogP contribution in [0.3, 0.4) is 0 Å². The molecule has 0 aromatic heterocycles. The maximum absolute atomic E-state index is 12.0. The average Bonchev–Trinajstić information content (AvgIpc) is 2.45. The van der Waals surface area contributed by atoms with Gasteiger partial charge < -0.3 is 10.2 Å². The van der Waals surface area contributed by atoms with Crippen LogP contribution < -0.4 is 15.6 Å². The third kappa shape index (κ3) is 3.65. The van der Waals surface area contributed by atoms with Crippen molar-refractivity contribution in [1.29, 1.82) is 0 Å². The Bertz CT molecular complexity index is 692. The Balaban J connectivity index is 2.43. The van der Waals surface area contributed by atoms with Gasteiger partial charge >= 0.3 is 0 Å². The van der Waals surface area contributed by atoms with Gasteiger partial charge in [-0.3, -0.25) is 4.79 Å². The van der Waals surface area contributed by atoms with Gasteiger partial charge in [-0.25, -0.2) is 15.1 Å². The Morgan fingerprint density at radius 1 is 1.35 bits per heavy atom. The first kappa shape index (κ1) is 16.5. The highest BCUT2D eigenvalue weighted by molar-refractivity contribution is 5.98. The number of nitro groups is 1. The van der Waals surface area contributed by atoms with Crippen LogP contribution in [-0.2, 0) is 4.79 Å². The van der Waals surface area contributed by atoms with Gasteiger partial charge in [0.25, 0.3) is 5.96 Å². The molecule has 1 atom stereocenters. The molecular formula is C15H19N5O3. The maximum atomic E-state index is 12.0. The Morgan fingerprint density at radius 2 is 1.96 bits per heavy atom. The number of aliphatic imine (C=N–C) groups is 1. The van der Waals surface area contributed by atoms with Gasteiger partial charge in [-0.2, -0.15) is 0 Å². The fourth-order valence-electron chi connectivity index (χ4n) is 2.47. The summed E-state index contributed by atoms with van der Waals surface area (Å²) in [4.78, 5) is 28.8. The summed E-state index contributed by atoms with van der Waals surface area (Å²) < 4.78 is 0. The molecule has 1 aliphatic rings. The van der Waals surface area contributed by atoms with Gasteiger partial charge in [-0.1, -0.05) is 17.6 Å². The SMILES string of the molecule is CC(=O)C1=C(C)NC(N[N+](=O)[O-])=N[C@H]1c1ccc(N(C)C)cc1. The minimum absolute atomic E-state index is 0.0131. The number of hydrazine groups is 1. The van der Waals surface area contributed by atoms with Crippen molar-refractivity contribution in [3.63, 3.8) is 0 Å². The van der Waals surface area contributed by atoms with E-state index in [1.54, 1.807) is 6.92 Å². The van der Waals surface area contributed by atoms with Crippen molar-refractivity contribution in [3.8, 4) is 0 Å². The molecule has 0 spiro atoms. The lowest BCUT2D eigenvalue weighted by molar-refractivity contribution is -0.525. The second-order valence-corrected chi connectivity index (χ2v) is 5.45. The molecule has 1 aromatic rings. The number of nitrogens with one attached hydrogen (secondary N) is 2. The lowest BCUT2D eigenvalue weighted by Gasteiger charge is -2.24. The summed E-state index contributed by atoms with van der Waals surface area (Å²) in [6.45, 7) is 3.16. The van der Waals surface area contributed by atoms with Gasteiger partial charge in [-0.15, -0.1) is 0 Å². The van der Waals surface area contributed by atoms with E-state index in [1.807, 2.05) is 48.7 Å². The number of rotatable bonds is 4. The number of hydrogen-bond donors (Lipinski definition) is 2. The predicted octanol–water partition coefficient (Wildman–Crippen LogP) is 1.40. The van der Waals surface area contributed by atoms with Crippen LogP contribution >= 0.6 is 0 Å². The zero-order valence-electron chi connectivity index (χ0n) is 13.5. The molecule has 2 rings (SSSR count). The molecule has 1 heterocycles. The molecule has 0 radical (unpaired) electrons. The number of allylic oxidation sites excluding steroid dienone is 1. The van der Waals surface area contributed by atoms with Gasteiger partial charge in [0, 0.05) is 31.1 Å². The third-order valence-corrected chi connectivity index (χ3v) is 3.54. The van der Waals surface area contributed by atoms with Crippen molar-refractivity contribution in [2.45, 2.75) is 19.9 Å². The molecule has 0 aliphatic carbocycles. The molecule has 1 aromatic carbocycles. The smallest absolute Gasteiger partial charge is 0.259 e. The number of hydrogen-bond acceptors (Lipinski definition) is 6. The minimum Gasteiger partial charge on any atom is -0.378 e. The number of nitrogens with zero attached hydrogens (tertiary/aromatic N) is 3. The van der Waals surface area contributed by atoms with E-state index in [-0.39, 0.29) is 11.7 Å². The van der Waals surface area contributed by atoms with Crippen molar-refractivity contribution in [2.75, 3.05) is 19.0 Å². The van der Waals surface area contributed by atoms with E-state index in [0.717, 1.165) is 11.3 Å². The van der Waals surface area contributed by atoms with E-state index in [1.165, 1.54) is 6.92 Å². The van der Waals surface area contributed by atoms with Crippen molar-refractivity contribution in [3.05, 3.63) is 51.2 Å². The van der Waals surface area contributed by atoms with Crippen molar-refractivity contribution in [2.24, 2.45) is 4.99 Å². The number of Topliss-reactive ketones (excluding diaryl/α,β-unsaturated/α-hetero) is 1. The van der Waals surface area contributed by atoms with Crippen LogP contribution in [-0.4, -0.2) is 30.9 Å². The number of benzene rings is 1. The second-order valence-electron chi connectivity index (χ2n) is 5.45. The van der Waals surface area contributed by atoms with Crippen LogP contribution in [0.25, 0.3) is 0 Å². The molecule has 2 N–H and O–H groups in total. The van der Waals surface area contributed by atoms with Crippen LogP contribution in [0.15, 0.2) is 40.5 Å². The standard InChI is InChI=1S/C15H19N5O3/c1-9-13(10(2)21)14(17-15(16-9)18-20(22)23)11-5-7-12(8-6-11)19(3)4/h5-8,14H,1-4H3,(H2,16,17,18)/t14-/m0/s1. The zero-order chi connectivity index (χ0) is 17.1. The minimum atomic E-state index is -0.690. The lowest BCUT2D eigenvalue weighted by atomic mass is 9.93. The van der Waals surface area contributed by atoms with Gasteiger partial charge in [0.15, 0.2) is 10.8 Å². The third-order valence-electron chi connectivity index (χ3n) is 3.54. The summed E-state index contributed by atoms with van der Waals surface area (Å²) in [5.74, 6) is -0.111. The van der Waals surface area contributed by atoms with Crippen LogP contribution in [0.4, 0.5) is 5.69 Å². The summed E-state index contributed by atoms with van der Waals surface area (Å²) in [7, 11) is 3.86. The molecular weight excluding hydrogens is 298 g/mol. The van der Waals surface area contributed by atoms with Crippen LogP contribution in [0.5, 0.6) is 0 Å². The summed E-state index contributed by atoms with van der Waals surface area (Å²) >= 11 is 0. The van der Waals surface area contributed by atoms with E-state index in [4.69, 9.17) is 0 Å². The van der Waals surface area contributed by atoms with E-state index in [9.17, 15) is 14.9 Å². The quantitative estimate of drug-likeness (QED) is 0.643. The van der Waals surface area contributed by atoms with Gasteiger partial charge in [-0.05, 0) is 31.5 Å². The fourth-order valence-corrected chi connectivity index (χ4v) is 2.47. The lowest BCUT2D eigenvalue weighted by Crippen LogP contribution is -2.43. The van der Waals surface area contributed by atoms with Crippen molar-refractivity contribution in [1.82, 2.24) is 10.7 Å². The normalized spacial score (nSPS) is 17.2. The second kappa shape index (κ2) is 6.47. The Kier molecular flexibility index (Phi) is 4.63. The highest BCUT2D eigenvalue weighted by Crippen LogP contribution is 2.31. The number of carbonyl (C=O) groups excluding carboxylic acids is 1. The first-order chi connectivity index (χ1) is 10.8. The number of ketones is 1. The molecule has 0 saturated heterocycles. The van der Waals surface area contributed by atoms with Crippen LogP contribution in [0.2, 0.25) is 0 Å². The molecule has 122 valence electrons. The van der Waals surface area contributed by atoms with Gasteiger partial charge in [0.2, 0.25) is 0 Å². The Morgan fingerprint density at radius 3 is 2.43 bits per heavy atom. The van der Waals surface area contributed by atoms with E-state index in [0.29, 0.717) is 11.3 Å². The molecule has 1 aliphatic heterocycles. The van der Waals surface area contributed by atoms with Gasteiger partial charge in [0.1, 0.15) is 6.04 Å². The molecule has 8 nitrogen and oxygen atoms in total. The first-order valence-electron chi connectivity index (χ1n) is 7.04. The van der Waals surface area contributed by atoms with Crippen LogP contribution in [0.1, 0.15) is 25.5 Å². The summed E-state index contributed by atoms with van der Waals surface area (Å²) in [5, 5.41) is 12.7. The van der Waals surface area contributed by atoms with Crippen molar-refractivity contribution < 1.29 is 9.83 Å². The van der Waals surface area contributed by atoms with Crippen LogP contribution in [0, 0.1) is 10.1 Å². The monoisotopic (exact) mass is 317 g/mol. The van der Waals surface area contributed by atoms with E-state index in [2.05, 4.69) is 10.3 Å². The Hall–Kier alpha value is -2.90. The van der Waals surface area contributed by atoms with E-state index >= 15 is 0 Å². The summed E-state index contributed by atoms with van der Waals surface area (Å²) in [6, 6.07) is 7.00. The van der Waals surface area contributed by atoms with Gasteiger partial charge in [0.05, 0.1) is 0 Å². The first-order valence-corrected chi connectivity index (χ1v) is 7.04. The molecule has 0 amide bonds. The highest BCUT2D eigenvalue weighted by atomic mass is 16.7. The average molecular weight is 317 g/mol. The highest BCUT2D eigenvalue weighted by Gasteiger charge is 2.28. The number of guanidine groups is 1. The molecule has 8 heteroatoms. The molecule has 0 unspecified atom stereocenters. The summed E-state index contributed by atoms with van der Waals surface area (Å²) in [5.41, 5.74) is 4.87. The molecule has 0 bridgehead atoms. The maximum Gasteiger partial charge on any atom is 0.259 e. The summed E-state index contributed by atoms with van der Waals surface area (Å²) in [6.07, 6.45) is 0. The van der Waals surface area contributed by atoms with E-state index < -0.39 is 11.1 Å². The topological polar surface area (TPSA) is 99.9 Å². The largest absolute Gasteiger partial charge is 0.378 e. The Labute approximate surface area is 134 Å². The molecule has 0 fully saturated rings. The zero-order valence-corrected chi connectivity index (χ0v) is 13.5. The predicted molar refractivity (Wildman–Crippen MR) is 87.6 cm³/mol. The molecule has 23 heavy (non-hydrogen) atoms. The molecule has 0 saturated carbocycles.